The molecule has 2 aromatic rings. The highest BCUT2D eigenvalue weighted by Gasteiger charge is 2.12. The molecule has 2 amide bonds. The molecule has 9 nitrogen and oxygen atoms in total. The van der Waals surface area contributed by atoms with Crippen LogP contribution in [0.4, 0.5) is 5.69 Å². The Labute approximate surface area is 186 Å². The highest BCUT2D eigenvalue weighted by Crippen LogP contribution is 2.35. The number of hydrogen-bond acceptors (Lipinski definition) is 7. The third-order valence-corrected chi connectivity index (χ3v) is 4.23. The van der Waals surface area contributed by atoms with Crippen LogP contribution < -0.4 is 24.8 Å². The van der Waals surface area contributed by atoms with Crippen LogP contribution in [0.1, 0.15) is 22.8 Å². The summed E-state index contributed by atoms with van der Waals surface area (Å²) in [6.45, 7) is 1.82. The summed E-state index contributed by atoms with van der Waals surface area (Å²) in [5.74, 6) is -0.0775. The van der Waals surface area contributed by atoms with Crippen LogP contribution in [-0.2, 0) is 14.3 Å². The second-order valence-corrected chi connectivity index (χ2v) is 6.38. The fourth-order valence-corrected chi connectivity index (χ4v) is 2.72. The Morgan fingerprint density at radius 1 is 0.938 bits per heavy atom. The third kappa shape index (κ3) is 6.76. The molecule has 2 rings (SSSR count). The predicted molar refractivity (Wildman–Crippen MR) is 119 cm³/mol. The normalized spacial score (nSPS) is 10.4. The number of anilines is 1. The standard InChI is InChI=1S/C23H26N2O7/c1-5-24-23(28)16-7-6-8-17(11-16)25-21(26)14-32-22(27)10-9-15-12-19(30-3)20(31-4)13-18(15)29-2/h6-13H,5,14H2,1-4H3,(H,24,28)(H,25,26)/b10-9+. The topological polar surface area (TPSA) is 112 Å². The highest BCUT2D eigenvalue weighted by atomic mass is 16.5. The first-order valence-electron chi connectivity index (χ1n) is 9.74. The number of carbonyl (C=O) groups excluding carboxylic acids is 3. The molecule has 170 valence electrons. The molecule has 0 aliphatic carbocycles. The lowest BCUT2D eigenvalue weighted by Crippen LogP contribution is -2.23. The van der Waals surface area contributed by atoms with Crippen molar-refractivity contribution in [2.24, 2.45) is 0 Å². The van der Waals surface area contributed by atoms with E-state index in [4.69, 9.17) is 18.9 Å². The van der Waals surface area contributed by atoms with Gasteiger partial charge >= 0.3 is 5.97 Å². The highest BCUT2D eigenvalue weighted by molar-refractivity contribution is 5.98. The Hall–Kier alpha value is -4.01. The number of nitrogens with one attached hydrogen (secondary N) is 2. The van der Waals surface area contributed by atoms with Crippen LogP contribution in [0.5, 0.6) is 17.2 Å². The molecule has 0 heterocycles. The molecule has 32 heavy (non-hydrogen) atoms. The quantitative estimate of drug-likeness (QED) is 0.430. The van der Waals surface area contributed by atoms with Crippen molar-refractivity contribution in [1.29, 1.82) is 0 Å². The van der Waals surface area contributed by atoms with E-state index in [9.17, 15) is 14.4 Å². The van der Waals surface area contributed by atoms with Crippen LogP contribution in [0, 0.1) is 0 Å². The van der Waals surface area contributed by atoms with Crippen molar-refractivity contribution in [2.75, 3.05) is 39.8 Å². The van der Waals surface area contributed by atoms with Gasteiger partial charge in [0.2, 0.25) is 0 Å². The number of ether oxygens (including phenoxy) is 4. The number of carbonyl (C=O) groups is 3. The zero-order valence-corrected chi connectivity index (χ0v) is 18.4. The first kappa shape index (κ1) is 24.3. The zero-order chi connectivity index (χ0) is 23.5. The van der Waals surface area contributed by atoms with E-state index in [0.717, 1.165) is 0 Å². The van der Waals surface area contributed by atoms with E-state index in [1.54, 1.807) is 30.3 Å². The van der Waals surface area contributed by atoms with Crippen LogP contribution in [0.25, 0.3) is 6.08 Å². The van der Waals surface area contributed by atoms with E-state index in [-0.39, 0.29) is 5.91 Å². The van der Waals surface area contributed by atoms with Gasteiger partial charge in [-0.2, -0.15) is 0 Å². The lowest BCUT2D eigenvalue weighted by molar-refractivity contribution is -0.142. The third-order valence-electron chi connectivity index (χ3n) is 4.23. The Kier molecular flexibility index (Phi) is 9.09. The first-order valence-corrected chi connectivity index (χ1v) is 9.74. The molecule has 0 saturated heterocycles. The van der Waals surface area contributed by atoms with E-state index in [1.807, 2.05) is 6.92 Å². The summed E-state index contributed by atoms with van der Waals surface area (Å²) < 4.78 is 20.7. The van der Waals surface area contributed by atoms with Crippen molar-refractivity contribution >= 4 is 29.5 Å². The van der Waals surface area contributed by atoms with Crippen LogP contribution >= 0.6 is 0 Å². The maximum absolute atomic E-state index is 12.1. The molecule has 0 fully saturated rings. The number of amides is 2. The molecule has 0 aromatic heterocycles. The van der Waals surface area contributed by atoms with Gasteiger partial charge in [0, 0.05) is 35.5 Å². The summed E-state index contributed by atoms with van der Waals surface area (Å²) >= 11 is 0. The first-order chi connectivity index (χ1) is 15.4. The van der Waals surface area contributed by atoms with Gasteiger partial charge < -0.3 is 29.6 Å². The van der Waals surface area contributed by atoms with Gasteiger partial charge in [-0.05, 0) is 37.3 Å². The summed E-state index contributed by atoms with van der Waals surface area (Å²) in [4.78, 5) is 36.0. The van der Waals surface area contributed by atoms with E-state index in [1.165, 1.54) is 39.5 Å². The van der Waals surface area contributed by atoms with Gasteiger partial charge in [-0.3, -0.25) is 9.59 Å². The van der Waals surface area contributed by atoms with Gasteiger partial charge in [-0.25, -0.2) is 4.79 Å². The minimum absolute atomic E-state index is 0.245. The van der Waals surface area contributed by atoms with Gasteiger partial charge in [-0.1, -0.05) is 6.07 Å². The molecule has 0 radical (unpaired) electrons. The maximum Gasteiger partial charge on any atom is 0.331 e. The zero-order valence-electron chi connectivity index (χ0n) is 18.4. The summed E-state index contributed by atoms with van der Waals surface area (Å²) in [5, 5.41) is 5.26. The van der Waals surface area contributed by atoms with Gasteiger partial charge in [0.15, 0.2) is 18.1 Å². The molecule has 0 unspecified atom stereocenters. The second kappa shape index (κ2) is 12.0. The minimum Gasteiger partial charge on any atom is -0.496 e. The lowest BCUT2D eigenvalue weighted by Gasteiger charge is -2.12. The van der Waals surface area contributed by atoms with E-state index in [0.29, 0.717) is 40.6 Å². The fraction of sp³-hybridized carbons (Fsp3) is 0.261. The molecule has 0 saturated carbocycles. The Morgan fingerprint density at radius 2 is 1.62 bits per heavy atom. The van der Waals surface area contributed by atoms with Crippen LogP contribution in [0.3, 0.4) is 0 Å². The Morgan fingerprint density at radius 3 is 2.28 bits per heavy atom. The average molecular weight is 442 g/mol. The van der Waals surface area contributed by atoms with Crippen LogP contribution in [0.15, 0.2) is 42.5 Å². The van der Waals surface area contributed by atoms with Crippen molar-refractivity contribution in [3.63, 3.8) is 0 Å². The summed E-state index contributed by atoms with van der Waals surface area (Å²) in [5.41, 5.74) is 1.39. The van der Waals surface area contributed by atoms with Crippen LogP contribution in [0.2, 0.25) is 0 Å². The van der Waals surface area contributed by atoms with Crippen molar-refractivity contribution in [2.45, 2.75) is 6.92 Å². The molecule has 2 aromatic carbocycles. The summed E-state index contributed by atoms with van der Waals surface area (Å²) in [6.07, 6.45) is 2.66. The SMILES string of the molecule is CCNC(=O)c1cccc(NC(=O)COC(=O)/C=C/c2cc(OC)c(OC)cc2OC)c1. The molecular weight excluding hydrogens is 416 g/mol. The van der Waals surface area contributed by atoms with E-state index < -0.39 is 18.5 Å². The monoisotopic (exact) mass is 442 g/mol. The summed E-state index contributed by atoms with van der Waals surface area (Å²) in [7, 11) is 4.49. The average Bonchev–Trinajstić information content (AvgIpc) is 2.81. The molecule has 9 heteroatoms. The Bertz CT molecular complexity index is 1000. The van der Waals surface area contributed by atoms with Crippen molar-refractivity contribution in [1.82, 2.24) is 5.32 Å². The van der Waals surface area contributed by atoms with E-state index in [2.05, 4.69) is 10.6 Å². The maximum atomic E-state index is 12.1. The minimum atomic E-state index is -0.715. The molecule has 0 spiro atoms. The molecule has 2 N–H and O–H groups in total. The predicted octanol–water partition coefficient (Wildman–Crippen LogP) is 2.66. The lowest BCUT2D eigenvalue weighted by atomic mass is 10.1. The largest absolute Gasteiger partial charge is 0.496 e. The number of benzene rings is 2. The Balaban J connectivity index is 1.96. The van der Waals surface area contributed by atoms with Gasteiger partial charge in [0.1, 0.15) is 5.75 Å². The van der Waals surface area contributed by atoms with Gasteiger partial charge in [0.05, 0.1) is 21.3 Å². The van der Waals surface area contributed by atoms with Crippen LogP contribution in [-0.4, -0.2) is 52.3 Å². The smallest absolute Gasteiger partial charge is 0.331 e. The number of rotatable bonds is 10. The number of hydrogen-bond donors (Lipinski definition) is 2. The number of esters is 1. The fourth-order valence-electron chi connectivity index (χ4n) is 2.72. The van der Waals surface area contributed by atoms with Gasteiger partial charge in [-0.15, -0.1) is 0 Å². The molecular formula is C23H26N2O7. The summed E-state index contributed by atoms with van der Waals surface area (Å²) in [6, 6.07) is 9.72. The number of methoxy groups -OCH3 is 3. The molecule has 0 atom stereocenters. The molecule has 0 aliphatic heterocycles. The van der Waals surface area contributed by atoms with Crippen molar-refractivity contribution in [3.8, 4) is 17.2 Å². The van der Waals surface area contributed by atoms with Crippen molar-refractivity contribution in [3.05, 3.63) is 53.6 Å². The van der Waals surface area contributed by atoms with Gasteiger partial charge in [0.25, 0.3) is 11.8 Å². The molecule has 0 aliphatic rings. The second-order valence-electron chi connectivity index (χ2n) is 6.38. The van der Waals surface area contributed by atoms with Crippen molar-refractivity contribution < 1.29 is 33.3 Å². The van der Waals surface area contributed by atoms with E-state index >= 15 is 0 Å². The molecule has 0 bridgehead atoms.